The van der Waals surface area contributed by atoms with Crippen molar-refractivity contribution in [2.45, 2.75) is 12.5 Å². The number of carbonyl (C=O) groups excluding carboxylic acids is 1. The minimum atomic E-state index is -3.25. The molecule has 6 nitrogen and oxygen atoms in total. The summed E-state index contributed by atoms with van der Waals surface area (Å²) >= 11 is 0. The summed E-state index contributed by atoms with van der Waals surface area (Å²) in [5.74, 6) is -2.11. The number of benzene rings is 1. The molecule has 1 aromatic rings. The van der Waals surface area contributed by atoms with Crippen molar-refractivity contribution >= 4 is 21.7 Å². The summed E-state index contributed by atoms with van der Waals surface area (Å²) in [4.78, 5) is 22.6. The third kappa shape index (κ3) is 5.52. The van der Waals surface area contributed by atoms with Crippen LogP contribution in [0.2, 0.25) is 0 Å². The van der Waals surface area contributed by atoms with Gasteiger partial charge in [0, 0.05) is 12.7 Å². The quantitative estimate of drug-likeness (QED) is 0.786. The summed E-state index contributed by atoms with van der Waals surface area (Å²) in [7, 11) is -3.25. The Bertz CT molecular complexity index is 553. The Kier molecular flexibility index (Phi) is 5.05. The highest BCUT2D eigenvalue weighted by atomic mass is 32.2. The molecule has 0 radical (unpaired) electrons. The Morgan fingerprint density at radius 1 is 1.26 bits per heavy atom. The average Bonchev–Trinajstić information content (AvgIpc) is 2.33. The van der Waals surface area contributed by atoms with Gasteiger partial charge in [0.2, 0.25) is 5.91 Å². The summed E-state index contributed by atoms with van der Waals surface area (Å²) in [6.45, 7) is 0. The molecule has 0 fully saturated rings. The van der Waals surface area contributed by atoms with E-state index in [-0.39, 0.29) is 12.2 Å². The molecule has 7 heteroatoms. The highest BCUT2D eigenvalue weighted by Gasteiger charge is 2.22. The maximum atomic E-state index is 11.5. The zero-order valence-electron chi connectivity index (χ0n) is 10.4. The lowest BCUT2D eigenvalue weighted by atomic mass is 10.1. The van der Waals surface area contributed by atoms with Crippen LogP contribution >= 0.6 is 0 Å². The average molecular weight is 285 g/mol. The lowest BCUT2D eigenvalue weighted by molar-refractivity contribution is -0.142. The van der Waals surface area contributed by atoms with E-state index in [4.69, 9.17) is 5.11 Å². The van der Waals surface area contributed by atoms with Crippen LogP contribution in [0.25, 0.3) is 0 Å². The highest BCUT2D eigenvalue weighted by molar-refractivity contribution is 7.90. The topological polar surface area (TPSA) is 101 Å². The van der Waals surface area contributed by atoms with Gasteiger partial charge in [-0.1, -0.05) is 30.3 Å². The monoisotopic (exact) mass is 285 g/mol. The van der Waals surface area contributed by atoms with Gasteiger partial charge in [-0.3, -0.25) is 4.79 Å². The van der Waals surface area contributed by atoms with Gasteiger partial charge in [0.15, 0.2) is 6.04 Å². The standard InChI is InChI=1S/C12H15NO5S/c1-19(17,18)8-7-10(14)13-11(12(15)16)9-5-3-2-4-6-9/h2-6,11H,7-8H2,1H3,(H,13,14)(H,15,16). The second-order valence-corrected chi connectivity index (χ2v) is 6.39. The third-order valence-electron chi connectivity index (χ3n) is 2.39. The molecule has 0 bridgehead atoms. The maximum absolute atomic E-state index is 11.5. The molecule has 0 heterocycles. The maximum Gasteiger partial charge on any atom is 0.330 e. The Morgan fingerprint density at radius 2 is 1.84 bits per heavy atom. The van der Waals surface area contributed by atoms with E-state index >= 15 is 0 Å². The van der Waals surface area contributed by atoms with Gasteiger partial charge >= 0.3 is 5.97 Å². The second kappa shape index (κ2) is 6.33. The molecule has 0 spiro atoms. The van der Waals surface area contributed by atoms with Crippen LogP contribution in [0.4, 0.5) is 0 Å². The first-order chi connectivity index (χ1) is 8.79. The molecule has 1 rings (SSSR count). The molecule has 1 unspecified atom stereocenters. The highest BCUT2D eigenvalue weighted by Crippen LogP contribution is 2.12. The Morgan fingerprint density at radius 3 is 2.32 bits per heavy atom. The summed E-state index contributed by atoms with van der Waals surface area (Å²) in [6, 6.07) is 7.04. The van der Waals surface area contributed by atoms with E-state index in [2.05, 4.69) is 5.32 Å². The van der Waals surface area contributed by atoms with E-state index in [9.17, 15) is 18.0 Å². The van der Waals surface area contributed by atoms with Gasteiger partial charge in [-0.05, 0) is 5.56 Å². The number of amides is 1. The molecule has 1 atom stereocenters. The van der Waals surface area contributed by atoms with Crippen LogP contribution in [0, 0.1) is 0 Å². The van der Waals surface area contributed by atoms with Crippen molar-refractivity contribution in [2.24, 2.45) is 0 Å². The fourth-order valence-corrected chi connectivity index (χ4v) is 2.00. The largest absolute Gasteiger partial charge is 0.479 e. The van der Waals surface area contributed by atoms with Gasteiger partial charge in [0.25, 0.3) is 0 Å². The van der Waals surface area contributed by atoms with E-state index in [0.29, 0.717) is 5.56 Å². The summed E-state index contributed by atoms with van der Waals surface area (Å²) in [5.41, 5.74) is 0.433. The minimum Gasteiger partial charge on any atom is -0.479 e. The number of hydrogen-bond donors (Lipinski definition) is 2. The molecule has 0 aliphatic rings. The first-order valence-corrected chi connectivity index (χ1v) is 7.60. The number of hydrogen-bond acceptors (Lipinski definition) is 4. The second-order valence-electron chi connectivity index (χ2n) is 4.13. The van der Waals surface area contributed by atoms with Crippen LogP contribution in [0.5, 0.6) is 0 Å². The van der Waals surface area contributed by atoms with E-state index in [1.165, 1.54) is 0 Å². The molecule has 2 N–H and O–H groups in total. The number of rotatable bonds is 6. The number of carboxylic acids is 1. The van der Waals surface area contributed by atoms with Crippen molar-refractivity contribution in [1.82, 2.24) is 5.32 Å². The zero-order chi connectivity index (χ0) is 14.5. The van der Waals surface area contributed by atoms with Crippen molar-refractivity contribution in [1.29, 1.82) is 0 Å². The van der Waals surface area contributed by atoms with Crippen LogP contribution in [-0.2, 0) is 19.4 Å². The number of aliphatic carboxylic acids is 1. The van der Waals surface area contributed by atoms with Gasteiger partial charge < -0.3 is 10.4 Å². The van der Waals surface area contributed by atoms with E-state index < -0.39 is 27.8 Å². The molecular weight excluding hydrogens is 270 g/mol. The summed E-state index contributed by atoms with van der Waals surface area (Å²) in [5, 5.41) is 11.4. The molecule has 0 aromatic heterocycles. The first kappa shape index (κ1) is 15.2. The predicted molar refractivity (Wildman–Crippen MR) is 69.3 cm³/mol. The SMILES string of the molecule is CS(=O)(=O)CCC(=O)NC(C(=O)O)c1ccccc1. The third-order valence-corrected chi connectivity index (χ3v) is 3.33. The van der Waals surface area contributed by atoms with Crippen LogP contribution < -0.4 is 5.32 Å². The van der Waals surface area contributed by atoms with Crippen LogP contribution in [0.1, 0.15) is 18.0 Å². The Hall–Kier alpha value is -1.89. The van der Waals surface area contributed by atoms with E-state index in [1.54, 1.807) is 30.3 Å². The van der Waals surface area contributed by atoms with Gasteiger partial charge in [-0.2, -0.15) is 0 Å². The molecule has 0 saturated carbocycles. The number of carboxylic acid groups (broad SMARTS) is 1. The molecule has 0 aliphatic carbocycles. The zero-order valence-corrected chi connectivity index (χ0v) is 11.2. The van der Waals surface area contributed by atoms with Crippen molar-refractivity contribution in [3.05, 3.63) is 35.9 Å². The van der Waals surface area contributed by atoms with Crippen LogP contribution in [-0.4, -0.2) is 37.4 Å². The summed E-state index contributed by atoms with van der Waals surface area (Å²) in [6.07, 6.45) is 0.765. The fourth-order valence-electron chi connectivity index (χ4n) is 1.44. The molecule has 1 amide bonds. The van der Waals surface area contributed by atoms with Gasteiger partial charge in [-0.15, -0.1) is 0 Å². The number of nitrogens with one attached hydrogen (secondary N) is 1. The van der Waals surface area contributed by atoms with Crippen molar-refractivity contribution in [3.63, 3.8) is 0 Å². The van der Waals surface area contributed by atoms with Crippen molar-refractivity contribution in [2.75, 3.05) is 12.0 Å². The number of carbonyl (C=O) groups is 2. The van der Waals surface area contributed by atoms with Gasteiger partial charge in [0.1, 0.15) is 9.84 Å². The van der Waals surface area contributed by atoms with E-state index in [1.807, 2.05) is 0 Å². The summed E-state index contributed by atoms with van der Waals surface area (Å²) < 4.78 is 21.9. The fraction of sp³-hybridized carbons (Fsp3) is 0.333. The van der Waals surface area contributed by atoms with Gasteiger partial charge in [0.05, 0.1) is 5.75 Å². The van der Waals surface area contributed by atoms with Gasteiger partial charge in [-0.25, -0.2) is 13.2 Å². The minimum absolute atomic E-state index is 0.255. The van der Waals surface area contributed by atoms with Crippen LogP contribution in [0.15, 0.2) is 30.3 Å². The molecule has 104 valence electrons. The molecule has 0 saturated heterocycles. The van der Waals surface area contributed by atoms with E-state index in [0.717, 1.165) is 6.26 Å². The van der Waals surface area contributed by atoms with Crippen LogP contribution in [0.3, 0.4) is 0 Å². The lowest BCUT2D eigenvalue weighted by Crippen LogP contribution is -2.34. The molecular formula is C12H15NO5S. The Balaban J connectivity index is 2.70. The van der Waals surface area contributed by atoms with Crippen molar-refractivity contribution in [3.8, 4) is 0 Å². The molecule has 19 heavy (non-hydrogen) atoms. The Labute approximate surface area is 111 Å². The normalized spacial score (nSPS) is 12.7. The first-order valence-electron chi connectivity index (χ1n) is 5.54. The lowest BCUT2D eigenvalue weighted by Gasteiger charge is -2.14. The molecule has 1 aromatic carbocycles. The predicted octanol–water partition coefficient (Wildman–Crippen LogP) is 0.363. The van der Waals surface area contributed by atoms with Crippen molar-refractivity contribution < 1.29 is 23.1 Å². The molecule has 0 aliphatic heterocycles. The number of sulfone groups is 1. The smallest absolute Gasteiger partial charge is 0.330 e.